The van der Waals surface area contributed by atoms with Crippen molar-refractivity contribution in [1.29, 1.82) is 0 Å². The molecule has 0 aliphatic rings. The lowest BCUT2D eigenvalue weighted by atomic mass is 10.1. The van der Waals surface area contributed by atoms with Gasteiger partial charge in [0.25, 0.3) is 5.91 Å². The number of aromatic nitrogens is 2. The molecule has 1 atom stereocenters. The van der Waals surface area contributed by atoms with Crippen molar-refractivity contribution >= 4 is 17.6 Å². The molecule has 28 heavy (non-hydrogen) atoms. The molecule has 1 N–H and O–H groups in total. The van der Waals surface area contributed by atoms with E-state index in [9.17, 15) is 9.59 Å². The van der Waals surface area contributed by atoms with Gasteiger partial charge < -0.3 is 10.1 Å². The highest BCUT2D eigenvalue weighted by Crippen LogP contribution is 2.23. The third kappa shape index (κ3) is 4.59. The Balaban J connectivity index is 1.86. The van der Waals surface area contributed by atoms with Crippen LogP contribution in [0.5, 0.6) is 0 Å². The highest BCUT2D eigenvalue weighted by molar-refractivity contribution is 5.98. The zero-order chi connectivity index (χ0) is 20.1. The predicted octanol–water partition coefficient (Wildman–Crippen LogP) is 3.94. The lowest BCUT2D eigenvalue weighted by Gasteiger charge is -2.19. The van der Waals surface area contributed by atoms with Crippen LogP contribution in [0.25, 0.3) is 0 Å². The van der Waals surface area contributed by atoms with Gasteiger partial charge in [-0.15, -0.1) is 0 Å². The Morgan fingerprint density at radius 2 is 1.71 bits per heavy atom. The number of anilines is 1. The van der Waals surface area contributed by atoms with E-state index in [0.29, 0.717) is 16.9 Å². The SMILES string of the molecule is Cc1ccc(C)c(NC(=O)[C@H](OC(=O)c2cnc(C)cn2)c2ccccc2)c1. The van der Waals surface area contributed by atoms with Crippen LogP contribution in [0, 0.1) is 20.8 Å². The highest BCUT2D eigenvalue weighted by atomic mass is 16.5. The number of nitrogens with zero attached hydrogens (tertiary/aromatic N) is 2. The lowest BCUT2D eigenvalue weighted by molar-refractivity contribution is -0.125. The first kappa shape index (κ1) is 19.2. The quantitative estimate of drug-likeness (QED) is 0.683. The second-order valence-electron chi connectivity index (χ2n) is 6.55. The van der Waals surface area contributed by atoms with E-state index in [0.717, 1.165) is 11.1 Å². The number of nitrogens with one attached hydrogen (secondary N) is 1. The zero-order valence-corrected chi connectivity index (χ0v) is 16.0. The first-order valence-corrected chi connectivity index (χ1v) is 8.87. The first-order chi connectivity index (χ1) is 13.4. The molecule has 0 spiro atoms. The number of hydrogen-bond acceptors (Lipinski definition) is 5. The Hall–Kier alpha value is -3.54. The molecule has 0 bridgehead atoms. The topological polar surface area (TPSA) is 81.2 Å². The number of amides is 1. The molecule has 0 aliphatic heterocycles. The van der Waals surface area contributed by atoms with Crippen molar-refractivity contribution in [2.45, 2.75) is 26.9 Å². The Kier molecular flexibility index (Phi) is 5.79. The molecule has 1 aromatic heterocycles. The summed E-state index contributed by atoms with van der Waals surface area (Å²) in [5.41, 5.74) is 3.91. The number of carbonyl (C=O) groups is 2. The molecule has 1 amide bonds. The summed E-state index contributed by atoms with van der Waals surface area (Å²) in [6.45, 7) is 5.62. The second kappa shape index (κ2) is 8.43. The predicted molar refractivity (Wildman–Crippen MR) is 106 cm³/mol. The van der Waals surface area contributed by atoms with E-state index in [1.165, 1.54) is 12.4 Å². The number of ether oxygens (including phenoxy) is 1. The van der Waals surface area contributed by atoms with E-state index >= 15 is 0 Å². The standard InChI is InChI=1S/C22H21N3O3/c1-14-9-10-15(2)18(11-14)25-21(26)20(17-7-5-4-6-8-17)28-22(27)19-13-23-16(3)12-24-19/h4-13,20H,1-3H3,(H,25,26)/t20-/m1/s1. The minimum absolute atomic E-state index is 0.0473. The van der Waals surface area contributed by atoms with E-state index in [1.807, 2.05) is 38.1 Å². The van der Waals surface area contributed by atoms with Gasteiger partial charge in [-0.05, 0) is 38.0 Å². The fourth-order valence-electron chi connectivity index (χ4n) is 2.63. The summed E-state index contributed by atoms with van der Waals surface area (Å²) in [6, 6.07) is 14.6. The maximum absolute atomic E-state index is 13.0. The second-order valence-corrected chi connectivity index (χ2v) is 6.55. The molecule has 142 valence electrons. The van der Waals surface area contributed by atoms with E-state index in [4.69, 9.17) is 4.74 Å². The Morgan fingerprint density at radius 1 is 0.964 bits per heavy atom. The van der Waals surface area contributed by atoms with Crippen molar-refractivity contribution in [3.8, 4) is 0 Å². The van der Waals surface area contributed by atoms with Gasteiger partial charge in [-0.3, -0.25) is 9.78 Å². The van der Waals surface area contributed by atoms with Gasteiger partial charge in [0.15, 0.2) is 5.69 Å². The molecule has 0 fully saturated rings. The van der Waals surface area contributed by atoms with Crippen LogP contribution in [0.1, 0.15) is 39.0 Å². The number of carbonyl (C=O) groups excluding carboxylic acids is 2. The number of benzene rings is 2. The van der Waals surface area contributed by atoms with Gasteiger partial charge in [-0.2, -0.15) is 0 Å². The van der Waals surface area contributed by atoms with Gasteiger partial charge in [-0.1, -0.05) is 42.5 Å². The van der Waals surface area contributed by atoms with Crippen LogP contribution < -0.4 is 5.32 Å². The fraction of sp³-hybridized carbons (Fsp3) is 0.182. The van der Waals surface area contributed by atoms with Crippen molar-refractivity contribution in [2.24, 2.45) is 0 Å². The van der Waals surface area contributed by atoms with Crippen LogP contribution in [-0.2, 0) is 9.53 Å². The summed E-state index contributed by atoms with van der Waals surface area (Å²) in [5.74, 6) is -1.15. The van der Waals surface area contributed by atoms with Crippen LogP contribution in [-0.4, -0.2) is 21.8 Å². The monoisotopic (exact) mass is 375 g/mol. The van der Waals surface area contributed by atoms with E-state index < -0.39 is 18.0 Å². The number of aryl methyl sites for hydroxylation is 3. The third-order valence-electron chi connectivity index (χ3n) is 4.21. The van der Waals surface area contributed by atoms with E-state index in [1.54, 1.807) is 31.2 Å². The van der Waals surface area contributed by atoms with Gasteiger partial charge in [0, 0.05) is 17.4 Å². The van der Waals surface area contributed by atoms with Crippen molar-refractivity contribution in [1.82, 2.24) is 9.97 Å². The van der Waals surface area contributed by atoms with Gasteiger partial charge in [0.05, 0.1) is 11.9 Å². The van der Waals surface area contributed by atoms with E-state index in [-0.39, 0.29) is 5.69 Å². The molecule has 0 saturated heterocycles. The van der Waals surface area contributed by atoms with Gasteiger partial charge >= 0.3 is 5.97 Å². The summed E-state index contributed by atoms with van der Waals surface area (Å²) < 4.78 is 5.51. The molecule has 2 aromatic carbocycles. The number of hydrogen-bond donors (Lipinski definition) is 1. The lowest BCUT2D eigenvalue weighted by Crippen LogP contribution is -2.26. The molecular weight excluding hydrogens is 354 g/mol. The number of esters is 1. The first-order valence-electron chi connectivity index (χ1n) is 8.87. The molecule has 3 rings (SSSR count). The fourth-order valence-corrected chi connectivity index (χ4v) is 2.63. The van der Waals surface area contributed by atoms with Crippen molar-refractivity contribution in [3.05, 3.63) is 89.0 Å². The highest BCUT2D eigenvalue weighted by Gasteiger charge is 2.26. The molecule has 6 nitrogen and oxygen atoms in total. The Bertz CT molecular complexity index is 986. The molecule has 1 heterocycles. The Morgan fingerprint density at radius 3 is 2.39 bits per heavy atom. The molecule has 6 heteroatoms. The summed E-state index contributed by atoms with van der Waals surface area (Å²) in [4.78, 5) is 33.6. The summed E-state index contributed by atoms with van der Waals surface area (Å²) in [5, 5.41) is 2.86. The average Bonchev–Trinajstić information content (AvgIpc) is 2.70. The van der Waals surface area contributed by atoms with Gasteiger partial charge in [-0.25, -0.2) is 9.78 Å². The maximum Gasteiger partial charge on any atom is 0.359 e. The van der Waals surface area contributed by atoms with Crippen LogP contribution in [0.2, 0.25) is 0 Å². The zero-order valence-electron chi connectivity index (χ0n) is 16.0. The summed E-state index contributed by atoms with van der Waals surface area (Å²) in [7, 11) is 0. The average molecular weight is 375 g/mol. The van der Waals surface area contributed by atoms with Crippen LogP contribution in [0.4, 0.5) is 5.69 Å². The number of rotatable bonds is 5. The van der Waals surface area contributed by atoms with E-state index in [2.05, 4.69) is 15.3 Å². The van der Waals surface area contributed by atoms with Crippen molar-refractivity contribution in [2.75, 3.05) is 5.32 Å². The molecule has 0 saturated carbocycles. The normalized spacial score (nSPS) is 11.5. The molecule has 0 aliphatic carbocycles. The third-order valence-corrected chi connectivity index (χ3v) is 4.21. The Labute approximate surface area is 163 Å². The summed E-state index contributed by atoms with van der Waals surface area (Å²) in [6.07, 6.45) is 1.70. The molecule has 0 unspecified atom stereocenters. The largest absolute Gasteiger partial charge is 0.443 e. The molecular formula is C22H21N3O3. The minimum Gasteiger partial charge on any atom is -0.443 e. The summed E-state index contributed by atoms with van der Waals surface area (Å²) >= 11 is 0. The smallest absolute Gasteiger partial charge is 0.359 e. The molecule has 0 radical (unpaired) electrons. The van der Waals surface area contributed by atoms with Crippen molar-refractivity contribution in [3.63, 3.8) is 0 Å². The van der Waals surface area contributed by atoms with Crippen LogP contribution in [0.3, 0.4) is 0 Å². The minimum atomic E-state index is -1.11. The van der Waals surface area contributed by atoms with Gasteiger partial charge in [0.1, 0.15) is 0 Å². The molecule has 3 aromatic rings. The maximum atomic E-state index is 13.0. The van der Waals surface area contributed by atoms with Crippen molar-refractivity contribution < 1.29 is 14.3 Å². The van der Waals surface area contributed by atoms with Crippen LogP contribution in [0.15, 0.2) is 60.9 Å². The van der Waals surface area contributed by atoms with Gasteiger partial charge in [0.2, 0.25) is 6.10 Å². The van der Waals surface area contributed by atoms with Crippen LogP contribution >= 0.6 is 0 Å².